The van der Waals surface area contributed by atoms with Crippen molar-refractivity contribution in [2.24, 2.45) is 10.8 Å². The van der Waals surface area contributed by atoms with Crippen molar-refractivity contribution in [3.8, 4) is 0 Å². The van der Waals surface area contributed by atoms with Crippen molar-refractivity contribution in [2.45, 2.75) is 32.9 Å². The van der Waals surface area contributed by atoms with E-state index in [2.05, 4.69) is 20.7 Å². The molecule has 0 aromatic carbocycles. The molecule has 4 N–H and O–H groups in total. The number of aromatic nitrogens is 1. The zero-order valence-electron chi connectivity index (χ0n) is 11.2. The van der Waals surface area contributed by atoms with Crippen LogP contribution in [0.25, 0.3) is 0 Å². The SMILES string of the molecule is COCC(C)NC(=NC(C)c1ncc(C)s1)NN. The topological polar surface area (TPSA) is 84.6 Å². The number of methoxy groups -OCH3 is 1. The third-order valence-electron chi connectivity index (χ3n) is 2.26. The summed E-state index contributed by atoms with van der Waals surface area (Å²) in [4.78, 5) is 9.95. The molecule has 0 saturated heterocycles. The number of hydrazine groups is 1. The Bertz CT molecular complexity index is 393. The van der Waals surface area contributed by atoms with Crippen molar-refractivity contribution in [1.82, 2.24) is 15.7 Å². The summed E-state index contributed by atoms with van der Waals surface area (Å²) in [6.45, 7) is 6.59. The van der Waals surface area contributed by atoms with E-state index < -0.39 is 0 Å². The van der Waals surface area contributed by atoms with Gasteiger partial charge in [0.15, 0.2) is 0 Å². The predicted octanol–water partition coefficient (Wildman–Crippen LogP) is 0.956. The number of rotatable bonds is 5. The minimum Gasteiger partial charge on any atom is -0.383 e. The van der Waals surface area contributed by atoms with Gasteiger partial charge >= 0.3 is 0 Å². The second kappa shape index (κ2) is 7.30. The quantitative estimate of drug-likeness (QED) is 0.321. The fraction of sp³-hybridized carbons (Fsp3) is 0.636. The van der Waals surface area contributed by atoms with Crippen molar-refractivity contribution in [3.05, 3.63) is 16.1 Å². The number of guanidine groups is 1. The smallest absolute Gasteiger partial charge is 0.206 e. The minimum atomic E-state index is -0.0306. The van der Waals surface area contributed by atoms with Crippen LogP contribution in [-0.2, 0) is 4.74 Å². The molecule has 2 unspecified atom stereocenters. The second-order valence-corrected chi connectivity index (χ2v) is 5.37. The summed E-state index contributed by atoms with van der Waals surface area (Å²) in [6.07, 6.45) is 1.85. The van der Waals surface area contributed by atoms with Crippen LogP contribution >= 0.6 is 11.3 Å². The number of hydrogen-bond donors (Lipinski definition) is 3. The van der Waals surface area contributed by atoms with Gasteiger partial charge in [0.25, 0.3) is 0 Å². The number of aryl methyl sites for hydroxylation is 1. The van der Waals surface area contributed by atoms with Gasteiger partial charge in [0.05, 0.1) is 6.61 Å². The Morgan fingerprint density at radius 2 is 2.33 bits per heavy atom. The van der Waals surface area contributed by atoms with Crippen LogP contribution in [0.3, 0.4) is 0 Å². The van der Waals surface area contributed by atoms with Crippen molar-refractivity contribution < 1.29 is 4.74 Å². The summed E-state index contributed by atoms with van der Waals surface area (Å²) in [5, 5.41) is 4.11. The summed E-state index contributed by atoms with van der Waals surface area (Å²) < 4.78 is 5.05. The summed E-state index contributed by atoms with van der Waals surface area (Å²) in [5.74, 6) is 5.99. The third kappa shape index (κ3) is 4.59. The first-order valence-corrected chi connectivity index (χ1v) is 6.60. The summed E-state index contributed by atoms with van der Waals surface area (Å²) in [5.41, 5.74) is 2.56. The first-order valence-electron chi connectivity index (χ1n) is 5.79. The highest BCUT2D eigenvalue weighted by Crippen LogP contribution is 2.21. The number of thiazole rings is 1. The van der Waals surface area contributed by atoms with Crippen LogP contribution in [0.1, 0.15) is 29.8 Å². The molecule has 102 valence electrons. The Balaban J connectivity index is 2.66. The molecule has 7 heteroatoms. The lowest BCUT2D eigenvalue weighted by molar-refractivity contribution is 0.179. The Hall–Kier alpha value is -1.18. The van der Waals surface area contributed by atoms with Gasteiger partial charge in [-0.25, -0.2) is 15.8 Å². The molecule has 0 amide bonds. The number of nitrogens with two attached hydrogens (primary N) is 1. The zero-order chi connectivity index (χ0) is 13.5. The number of ether oxygens (including phenoxy) is 1. The first kappa shape index (κ1) is 14.9. The van der Waals surface area contributed by atoms with E-state index in [1.807, 2.05) is 27.0 Å². The monoisotopic (exact) mass is 271 g/mol. The van der Waals surface area contributed by atoms with Gasteiger partial charge in [0.2, 0.25) is 5.96 Å². The van der Waals surface area contributed by atoms with Crippen LogP contribution in [0.5, 0.6) is 0 Å². The molecule has 0 aliphatic rings. The summed E-state index contributed by atoms with van der Waals surface area (Å²) >= 11 is 1.64. The van der Waals surface area contributed by atoms with E-state index in [0.717, 1.165) is 5.01 Å². The lowest BCUT2D eigenvalue weighted by Crippen LogP contribution is -2.47. The highest BCUT2D eigenvalue weighted by atomic mass is 32.1. The summed E-state index contributed by atoms with van der Waals surface area (Å²) in [7, 11) is 1.66. The van der Waals surface area contributed by atoms with Crippen molar-refractivity contribution in [1.29, 1.82) is 0 Å². The fourth-order valence-electron chi connectivity index (χ4n) is 1.46. The van der Waals surface area contributed by atoms with Crippen molar-refractivity contribution in [3.63, 3.8) is 0 Å². The van der Waals surface area contributed by atoms with Crippen LogP contribution in [0.15, 0.2) is 11.2 Å². The largest absolute Gasteiger partial charge is 0.383 e. The van der Waals surface area contributed by atoms with Gasteiger partial charge in [0, 0.05) is 24.2 Å². The normalized spacial score (nSPS) is 15.3. The molecule has 0 spiro atoms. The van der Waals surface area contributed by atoms with Gasteiger partial charge < -0.3 is 10.1 Å². The molecule has 0 bridgehead atoms. The van der Waals surface area contributed by atoms with Gasteiger partial charge in [-0.2, -0.15) is 0 Å². The number of nitrogens with zero attached hydrogens (tertiary/aromatic N) is 2. The van der Waals surface area contributed by atoms with E-state index in [-0.39, 0.29) is 12.1 Å². The average molecular weight is 271 g/mol. The van der Waals surface area contributed by atoms with Gasteiger partial charge in [-0.3, -0.25) is 5.43 Å². The molecule has 1 aromatic heterocycles. The van der Waals surface area contributed by atoms with E-state index >= 15 is 0 Å². The average Bonchev–Trinajstić information content (AvgIpc) is 2.75. The molecule has 0 radical (unpaired) electrons. The van der Waals surface area contributed by atoms with Gasteiger partial charge in [0.1, 0.15) is 11.0 Å². The van der Waals surface area contributed by atoms with Gasteiger partial charge in [-0.05, 0) is 20.8 Å². The molecule has 0 aliphatic heterocycles. The molecule has 18 heavy (non-hydrogen) atoms. The Morgan fingerprint density at radius 3 is 2.83 bits per heavy atom. The second-order valence-electron chi connectivity index (χ2n) is 4.11. The maximum Gasteiger partial charge on any atom is 0.206 e. The van der Waals surface area contributed by atoms with Crippen LogP contribution in [0.4, 0.5) is 0 Å². The lowest BCUT2D eigenvalue weighted by Gasteiger charge is -2.16. The molecular weight excluding hydrogens is 250 g/mol. The molecule has 2 atom stereocenters. The van der Waals surface area contributed by atoms with Crippen LogP contribution in [0, 0.1) is 6.92 Å². The van der Waals surface area contributed by atoms with Gasteiger partial charge in [-0.1, -0.05) is 0 Å². The number of aliphatic imine (C=N–C) groups is 1. The molecule has 0 aliphatic carbocycles. The molecule has 0 fully saturated rings. The predicted molar refractivity (Wildman–Crippen MR) is 74.5 cm³/mol. The maximum atomic E-state index is 5.45. The third-order valence-corrected chi connectivity index (χ3v) is 3.34. The van der Waals surface area contributed by atoms with Crippen molar-refractivity contribution >= 4 is 17.3 Å². The van der Waals surface area contributed by atoms with E-state index in [9.17, 15) is 0 Å². The van der Waals surface area contributed by atoms with E-state index in [1.165, 1.54) is 4.88 Å². The highest BCUT2D eigenvalue weighted by Gasteiger charge is 2.10. The van der Waals surface area contributed by atoms with Crippen LogP contribution < -0.4 is 16.6 Å². The molecule has 6 nitrogen and oxygen atoms in total. The lowest BCUT2D eigenvalue weighted by atomic mass is 10.3. The Morgan fingerprint density at radius 1 is 1.61 bits per heavy atom. The van der Waals surface area contributed by atoms with E-state index in [4.69, 9.17) is 10.6 Å². The fourth-order valence-corrected chi connectivity index (χ4v) is 2.22. The maximum absolute atomic E-state index is 5.45. The number of nitrogens with one attached hydrogen (secondary N) is 2. The summed E-state index contributed by atoms with van der Waals surface area (Å²) in [6, 6.07) is 0.104. The first-order chi connectivity index (χ1) is 8.56. The number of hydrogen-bond acceptors (Lipinski definition) is 5. The van der Waals surface area contributed by atoms with Gasteiger partial charge in [-0.15, -0.1) is 11.3 Å². The van der Waals surface area contributed by atoms with Crippen LogP contribution in [0.2, 0.25) is 0 Å². The standard InChI is InChI=1S/C11H21N5OS/c1-7(6-17-4)14-11(16-12)15-9(3)10-13-5-8(2)18-10/h5,7,9H,6,12H2,1-4H3,(H2,14,15,16). The highest BCUT2D eigenvalue weighted by molar-refractivity contribution is 7.11. The Labute approximate surface area is 112 Å². The Kier molecular flexibility index (Phi) is 6.03. The van der Waals surface area contributed by atoms with Crippen LogP contribution in [-0.4, -0.2) is 30.7 Å². The molecular formula is C11H21N5OS. The molecule has 1 rings (SSSR count). The zero-order valence-corrected chi connectivity index (χ0v) is 12.0. The van der Waals surface area contributed by atoms with E-state index in [0.29, 0.717) is 12.6 Å². The molecule has 0 saturated carbocycles. The van der Waals surface area contributed by atoms with E-state index in [1.54, 1.807) is 18.4 Å². The molecule has 1 aromatic rings. The van der Waals surface area contributed by atoms with Crippen molar-refractivity contribution in [2.75, 3.05) is 13.7 Å². The minimum absolute atomic E-state index is 0.0306. The molecule has 1 heterocycles.